The lowest BCUT2D eigenvalue weighted by Gasteiger charge is -1.92. The van der Waals surface area contributed by atoms with E-state index in [1.165, 1.54) is 0 Å². The van der Waals surface area contributed by atoms with Gasteiger partial charge in [-0.1, -0.05) is 35.0 Å². The molecule has 0 radical (unpaired) electrons. The van der Waals surface area contributed by atoms with Gasteiger partial charge in [0.1, 0.15) is 0 Å². The Morgan fingerprint density at radius 1 is 0.810 bits per heavy atom. The fourth-order valence-electron chi connectivity index (χ4n) is 2.41. The Balaban J connectivity index is 2.02. The highest BCUT2D eigenvalue weighted by molar-refractivity contribution is 5.54. The summed E-state index contributed by atoms with van der Waals surface area (Å²) < 4.78 is 3.94. The second kappa shape index (κ2) is 4.83. The van der Waals surface area contributed by atoms with Crippen LogP contribution in [0, 0.1) is 0 Å². The molecular formula is C17H13N4+. The lowest BCUT2D eigenvalue weighted by molar-refractivity contribution is -0.500. The van der Waals surface area contributed by atoms with Crippen molar-refractivity contribution in [2.75, 3.05) is 0 Å². The molecule has 3 aromatic heterocycles. The number of rotatable bonds is 2. The van der Waals surface area contributed by atoms with Crippen LogP contribution < -0.4 is 4.40 Å². The van der Waals surface area contributed by atoms with E-state index in [9.17, 15) is 0 Å². The smallest absolute Gasteiger partial charge is 0.222 e. The topological polar surface area (TPSA) is 34.8 Å². The van der Waals surface area contributed by atoms with Gasteiger partial charge in [0, 0.05) is 18.3 Å². The SMILES string of the molecule is c1ccc(-c2nn(-c3ccccn3)c3cccc[n+]23)cc1. The van der Waals surface area contributed by atoms with Crippen molar-refractivity contribution in [1.29, 1.82) is 0 Å². The molecular weight excluding hydrogens is 260 g/mol. The van der Waals surface area contributed by atoms with Crippen molar-refractivity contribution in [1.82, 2.24) is 14.8 Å². The van der Waals surface area contributed by atoms with Crippen LogP contribution in [-0.4, -0.2) is 14.8 Å². The molecule has 4 heteroatoms. The number of benzene rings is 1. The molecule has 4 nitrogen and oxygen atoms in total. The van der Waals surface area contributed by atoms with Crippen LogP contribution in [0.15, 0.2) is 79.1 Å². The van der Waals surface area contributed by atoms with Crippen LogP contribution in [0.5, 0.6) is 0 Å². The molecule has 4 aromatic rings. The van der Waals surface area contributed by atoms with E-state index in [0.29, 0.717) is 0 Å². The quantitative estimate of drug-likeness (QED) is 0.526. The molecule has 0 saturated heterocycles. The summed E-state index contributed by atoms with van der Waals surface area (Å²) >= 11 is 0. The van der Waals surface area contributed by atoms with Crippen molar-refractivity contribution in [3.05, 3.63) is 79.1 Å². The Bertz CT molecular complexity index is 809. The first-order valence-electron chi connectivity index (χ1n) is 6.80. The Morgan fingerprint density at radius 2 is 1.62 bits per heavy atom. The first kappa shape index (κ1) is 11.8. The van der Waals surface area contributed by atoms with Crippen LogP contribution in [0.3, 0.4) is 0 Å². The van der Waals surface area contributed by atoms with Crippen molar-refractivity contribution in [2.45, 2.75) is 0 Å². The van der Waals surface area contributed by atoms with Gasteiger partial charge in [-0.25, -0.2) is 4.98 Å². The fraction of sp³-hybridized carbons (Fsp3) is 0. The predicted molar refractivity (Wildman–Crippen MR) is 80.0 cm³/mol. The molecule has 0 bridgehead atoms. The number of aromatic nitrogens is 4. The number of hydrogen-bond acceptors (Lipinski definition) is 2. The Labute approximate surface area is 122 Å². The maximum absolute atomic E-state index is 4.75. The van der Waals surface area contributed by atoms with Crippen molar-refractivity contribution in [3.8, 4) is 17.2 Å². The first-order chi connectivity index (χ1) is 10.4. The number of pyridine rings is 2. The minimum absolute atomic E-state index is 0.809. The Hall–Kier alpha value is -3.01. The average Bonchev–Trinajstić information content (AvgIpc) is 2.96. The zero-order chi connectivity index (χ0) is 14.1. The van der Waals surface area contributed by atoms with Gasteiger partial charge in [-0.15, -0.1) is 0 Å². The monoisotopic (exact) mass is 273 g/mol. The van der Waals surface area contributed by atoms with Crippen LogP contribution in [0.2, 0.25) is 0 Å². The molecule has 0 spiro atoms. The van der Waals surface area contributed by atoms with Crippen molar-refractivity contribution >= 4 is 5.65 Å². The number of fused-ring (bicyclic) bond motifs is 1. The van der Waals surface area contributed by atoms with Crippen LogP contribution in [0.4, 0.5) is 0 Å². The molecule has 0 N–H and O–H groups in total. The molecule has 3 heterocycles. The summed E-state index contributed by atoms with van der Waals surface area (Å²) in [5.41, 5.74) is 2.06. The van der Waals surface area contributed by atoms with Crippen LogP contribution >= 0.6 is 0 Å². The standard InChI is InChI=1S/C17H13N4/c1-2-8-14(9-3-1)17-19-21(15-10-4-6-12-18-15)16-11-5-7-13-20(16)17/h1-13H/q+1. The van der Waals surface area contributed by atoms with Crippen LogP contribution in [-0.2, 0) is 0 Å². The molecule has 0 amide bonds. The molecule has 100 valence electrons. The molecule has 0 saturated carbocycles. The Kier molecular flexibility index (Phi) is 2.71. The van der Waals surface area contributed by atoms with E-state index in [4.69, 9.17) is 5.10 Å². The van der Waals surface area contributed by atoms with E-state index < -0.39 is 0 Å². The highest BCUT2D eigenvalue weighted by Gasteiger charge is 2.22. The summed E-state index contributed by atoms with van der Waals surface area (Å²) in [6.07, 6.45) is 3.79. The van der Waals surface area contributed by atoms with Gasteiger partial charge in [0.25, 0.3) is 5.65 Å². The van der Waals surface area contributed by atoms with Gasteiger partial charge in [0.2, 0.25) is 5.82 Å². The molecule has 0 aliphatic carbocycles. The molecule has 1 aromatic carbocycles. The van der Waals surface area contributed by atoms with Gasteiger partial charge >= 0.3 is 5.82 Å². The fourth-order valence-corrected chi connectivity index (χ4v) is 2.41. The van der Waals surface area contributed by atoms with Crippen LogP contribution in [0.25, 0.3) is 22.9 Å². The van der Waals surface area contributed by atoms with E-state index >= 15 is 0 Å². The zero-order valence-electron chi connectivity index (χ0n) is 11.3. The highest BCUT2D eigenvalue weighted by atomic mass is 15.4. The van der Waals surface area contributed by atoms with Gasteiger partial charge in [0.05, 0.1) is 16.9 Å². The first-order valence-corrected chi connectivity index (χ1v) is 6.80. The lowest BCUT2D eigenvalue weighted by atomic mass is 10.2. The van der Waals surface area contributed by atoms with E-state index in [2.05, 4.69) is 21.5 Å². The van der Waals surface area contributed by atoms with Gasteiger partial charge < -0.3 is 0 Å². The molecule has 0 unspecified atom stereocenters. The maximum atomic E-state index is 4.75. The molecule has 0 atom stereocenters. The van der Waals surface area contributed by atoms with E-state index in [0.717, 1.165) is 22.9 Å². The Morgan fingerprint density at radius 3 is 2.43 bits per heavy atom. The van der Waals surface area contributed by atoms with E-state index in [-0.39, 0.29) is 0 Å². The number of hydrogen-bond donors (Lipinski definition) is 0. The molecule has 4 rings (SSSR count). The van der Waals surface area contributed by atoms with E-state index in [1.54, 1.807) is 6.20 Å². The van der Waals surface area contributed by atoms with Gasteiger partial charge in [0.15, 0.2) is 0 Å². The minimum atomic E-state index is 0.809. The summed E-state index contributed by atoms with van der Waals surface area (Å²) in [5, 5.41) is 4.75. The van der Waals surface area contributed by atoms with Crippen molar-refractivity contribution < 1.29 is 4.40 Å². The predicted octanol–water partition coefficient (Wildman–Crippen LogP) is 2.67. The zero-order valence-corrected chi connectivity index (χ0v) is 11.3. The summed E-state index contributed by atoms with van der Waals surface area (Å²) in [4.78, 5) is 4.39. The van der Waals surface area contributed by atoms with Crippen molar-refractivity contribution in [2.24, 2.45) is 0 Å². The third-order valence-electron chi connectivity index (χ3n) is 3.38. The second-order valence-corrected chi connectivity index (χ2v) is 4.72. The van der Waals surface area contributed by atoms with E-state index in [1.807, 2.05) is 65.5 Å². The molecule has 0 aliphatic heterocycles. The largest absolute Gasteiger partial charge is 0.314 e. The molecule has 21 heavy (non-hydrogen) atoms. The number of nitrogens with zero attached hydrogens (tertiary/aromatic N) is 4. The normalized spacial score (nSPS) is 10.9. The van der Waals surface area contributed by atoms with Crippen molar-refractivity contribution in [3.63, 3.8) is 0 Å². The van der Waals surface area contributed by atoms with Crippen LogP contribution in [0.1, 0.15) is 0 Å². The lowest BCUT2D eigenvalue weighted by Crippen LogP contribution is -2.21. The van der Waals surface area contributed by atoms with Gasteiger partial charge in [-0.2, -0.15) is 4.40 Å². The molecule has 0 fully saturated rings. The molecule has 0 aliphatic rings. The minimum Gasteiger partial charge on any atom is -0.222 e. The summed E-state index contributed by atoms with van der Waals surface area (Å²) in [7, 11) is 0. The average molecular weight is 273 g/mol. The second-order valence-electron chi connectivity index (χ2n) is 4.72. The summed E-state index contributed by atoms with van der Waals surface area (Å²) in [6, 6.07) is 22.0. The highest BCUT2D eigenvalue weighted by Crippen LogP contribution is 2.16. The third-order valence-corrected chi connectivity index (χ3v) is 3.38. The summed E-state index contributed by atoms with van der Waals surface area (Å²) in [6.45, 7) is 0. The van der Waals surface area contributed by atoms with Gasteiger partial charge in [-0.3, -0.25) is 0 Å². The third kappa shape index (κ3) is 1.97. The maximum Gasteiger partial charge on any atom is 0.314 e. The summed E-state index contributed by atoms with van der Waals surface area (Å²) in [5.74, 6) is 1.71. The van der Waals surface area contributed by atoms with Gasteiger partial charge in [-0.05, 0) is 24.3 Å².